The van der Waals surface area contributed by atoms with Gasteiger partial charge in [0.05, 0.1) is 14.1 Å². The van der Waals surface area contributed by atoms with Crippen molar-refractivity contribution in [2.24, 2.45) is 14.1 Å². The first-order chi connectivity index (χ1) is 19.2. The highest BCUT2D eigenvalue weighted by molar-refractivity contribution is 7.86. The van der Waals surface area contributed by atoms with Crippen LogP contribution in [-0.4, -0.2) is 51.1 Å². The summed E-state index contributed by atoms with van der Waals surface area (Å²) in [5.41, 5.74) is -6.65. The Bertz CT molecular complexity index is 1810. The lowest BCUT2D eigenvalue weighted by Crippen LogP contribution is -2.25. The van der Waals surface area contributed by atoms with Crippen molar-refractivity contribution in [1.29, 1.82) is 0 Å². The van der Waals surface area contributed by atoms with Crippen LogP contribution in [0.15, 0.2) is 79.4 Å². The van der Waals surface area contributed by atoms with E-state index in [9.17, 15) is 26.3 Å². The van der Waals surface area contributed by atoms with Gasteiger partial charge in [-0.1, -0.05) is 30.3 Å². The summed E-state index contributed by atoms with van der Waals surface area (Å²) < 4.78 is 126. The molecule has 0 saturated carbocycles. The molecule has 0 saturated heterocycles. The molecular weight excluding hydrogens is 620 g/mol. The van der Waals surface area contributed by atoms with Crippen LogP contribution in [0, 0.1) is 0 Å². The van der Waals surface area contributed by atoms with Gasteiger partial charge in [-0.15, -0.1) is 0 Å². The molecule has 0 spiro atoms. The maximum absolute atomic E-state index is 10.7. The lowest BCUT2D eigenvalue weighted by atomic mass is 10.3. The first-order valence-electron chi connectivity index (χ1n) is 11.2. The molecule has 0 atom stereocenters. The molecule has 0 aliphatic heterocycles. The fraction of sp³-hybridized carbons (Fsp3) is 0.174. The highest BCUT2D eigenvalue weighted by Gasteiger charge is 2.37. The molecule has 19 heteroatoms. The number of fused-ring (bicyclic) bond motifs is 2. The third-order valence-electron chi connectivity index (χ3n) is 5.40. The largest absolute Gasteiger partial charge is 0.741 e. The van der Waals surface area contributed by atoms with Gasteiger partial charge in [0.2, 0.25) is 11.6 Å². The highest BCUT2D eigenvalue weighted by atomic mass is 32.2. The summed E-state index contributed by atoms with van der Waals surface area (Å²) in [7, 11) is -8.07. The van der Waals surface area contributed by atoms with Gasteiger partial charge in [-0.3, -0.25) is 0 Å². The Hall–Kier alpha value is -4.07. The van der Waals surface area contributed by atoms with Gasteiger partial charge in [0, 0.05) is 12.1 Å². The van der Waals surface area contributed by atoms with Gasteiger partial charge in [0.25, 0.3) is 12.7 Å². The number of hydrogen-bond donors (Lipinski definition) is 0. The highest BCUT2D eigenvalue weighted by Crippen LogP contribution is 2.21. The number of alkyl halides is 6. The predicted octanol–water partition coefficient (Wildman–Crippen LogP) is 2.72. The topological polar surface area (TPSA) is 145 Å². The second-order valence-electron chi connectivity index (χ2n) is 8.32. The number of rotatable bonds is 2. The molecule has 3 aromatic heterocycles. The zero-order valence-corrected chi connectivity index (χ0v) is 22.9. The Labute approximate surface area is 234 Å². The number of benzene rings is 2. The monoisotopic (exact) mass is 639 g/mol. The minimum atomic E-state index is -6.09. The lowest BCUT2D eigenvalue weighted by molar-refractivity contribution is -0.645. The zero-order valence-electron chi connectivity index (χ0n) is 21.3. The van der Waals surface area contributed by atoms with Crippen molar-refractivity contribution in [3.8, 4) is 11.6 Å². The van der Waals surface area contributed by atoms with E-state index in [1.54, 1.807) is 0 Å². The maximum Gasteiger partial charge on any atom is 0.485 e. The number of aromatic nitrogens is 5. The smallest absolute Gasteiger partial charge is 0.485 e. The number of para-hydroxylation sites is 4. The second kappa shape index (κ2) is 11.7. The molecule has 5 rings (SSSR count). The van der Waals surface area contributed by atoms with Gasteiger partial charge >= 0.3 is 11.0 Å². The summed E-state index contributed by atoms with van der Waals surface area (Å²) in [6.45, 7) is 0. The van der Waals surface area contributed by atoms with Crippen LogP contribution in [0.2, 0.25) is 0 Å². The fourth-order valence-electron chi connectivity index (χ4n) is 3.57. The molecule has 226 valence electrons. The van der Waals surface area contributed by atoms with Crippen molar-refractivity contribution in [2.45, 2.75) is 11.0 Å². The lowest BCUT2D eigenvalue weighted by Gasteiger charge is -2.08. The standard InChI is InChI=1S/C21H19N5.2CHF3O3S/c1-23-14-25(18-10-5-3-8-16(18)23)20-12-7-13-21(22-20)26-15-24(2)17-9-4-6-11-19(17)26;2*2-1(3,4)8(5,6)7/h3-15H,1-2H3;2*(H,5,6,7)/q+2;;/p-2. The van der Waals surface area contributed by atoms with Gasteiger partial charge in [-0.2, -0.15) is 40.5 Å². The molecule has 42 heavy (non-hydrogen) atoms. The van der Waals surface area contributed by atoms with E-state index < -0.39 is 31.3 Å². The molecule has 5 aromatic rings. The van der Waals surface area contributed by atoms with Crippen molar-refractivity contribution in [2.75, 3.05) is 0 Å². The van der Waals surface area contributed by atoms with E-state index in [-0.39, 0.29) is 0 Å². The van der Waals surface area contributed by atoms with Gasteiger partial charge < -0.3 is 9.11 Å². The Kier molecular flexibility index (Phi) is 9.01. The second-order valence-corrected chi connectivity index (χ2v) is 11.1. The Morgan fingerprint density at radius 3 is 1.24 bits per heavy atom. The minimum Gasteiger partial charge on any atom is -0.741 e. The number of imidazole rings is 2. The SMILES string of the molecule is C[n+]1cn(-c2cccc(-n3c[n+](C)c4ccccc43)n2)c2ccccc21.O=S(=O)([O-])C(F)(F)F.O=S(=O)([O-])C(F)(F)F. The maximum atomic E-state index is 10.7. The summed E-state index contributed by atoms with van der Waals surface area (Å²) >= 11 is 0. The van der Waals surface area contributed by atoms with E-state index in [1.807, 2.05) is 12.1 Å². The van der Waals surface area contributed by atoms with Crippen LogP contribution in [0.3, 0.4) is 0 Å². The number of aryl methyl sites for hydroxylation is 2. The molecule has 0 aliphatic rings. The van der Waals surface area contributed by atoms with Crippen molar-refractivity contribution >= 4 is 42.3 Å². The van der Waals surface area contributed by atoms with Crippen molar-refractivity contribution in [3.05, 3.63) is 79.4 Å². The molecule has 0 N–H and O–H groups in total. The van der Waals surface area contributed by atoms with Gasteiger partial charge in [-0.25, -0.2) is 26.0 Å². The van der Waals surface area contributed by atoms with Gasteiger partial charge in [-0.05, 0) is 24.3 Å². The summed E-state index contributed by atoms with van der Waals surface area (Å²) in [6.07, 6.45) is 4.15. The van der Waals surface area contributed by atoms with Crippen LogP contribution in [0.5, 0.6) is 0 Å². The fourth-order valence-corrected chi connectivity index (χ4v) is 3.57. The average Bonchev–Trinajstić information content (AvgIpc) is 3.40. The summed E-state index contributed by atoms with van der Waals surface area (Å²) in [5.74, 6) is 1.81. The first-order valence-corrected chi connectivity index (χ1v) is 14.0. The average molecular weight is 640 g/mol. The van der Waals surface area contributed by atoms with Gasteiger partial charge in [0.1, 0.15) is 0 Å². The third kappa shape index (κ3) is 7.22. The van der Waals surface area contributed by atoms with E-state index in [2.05, 4.69) is 99.6 Å². The van der Waals surface area contributed by atoms with Gasteiger partial charge in [0.15, 0.2) is 42.3 Å². The van der Waals surface area contributed by atoms with E-state index in [0.717, 1.165) is 22.7 Å². The van der Waals surface area contributed by atoms with Crippen LogP contribution >= 0.6 is 0 Å². The van der Waals surface area contributed by atoms with Crippen molar-refractivity contribution in [1.82, 2.24) is 14.1 Å². The van der Waals surface area contributed by atoms with Crippen molar-refractivity contribution < 1.29 is 61.4 Å². The molecular formula is C23H19F6N5O6S2. The van der Waals surface area contributed by atoms with E-state index >= 15 is 0 Å². The zero-order chi connectivity index (χ0) is 31.7. The normalized spacial score (nSPS) is 12.4. The number of nitrogens with zero attached hydrogens (tertiary/aromatic N) is 5. The molecule has 0 fully saturated rings. The van der Waals surface area contributed by atoms with E-state index in [1.165, 1.54) is 11.0 Å². The molecule has 0 radical (unpaired) electrons. The quantitative estimate of drug-likeness (QED) is 0.125. The number of hydrogen-bond acceptors (Lipinski definition) is 7. The molecule has 11 nitrogen and oxygen atoms in total. The van der Waals surface area contributed by atoms with E-state index in [4.69, 9.17) is 30.9 Å². The molecule has 0 bridgehead atoms. The summed E-state index contributed by atoms with van der Waals surface area (Å²) in [4.78, 5) is 4.94. The third-order valence-corrected chi connectivity index (χ3v) is 6.53. The first kappa shape index (κ1) is 32.4. The Balaban J connectivity index is 0.000000252. The molecule has 3 heterocycles. The summed E-state index contributed by atoms with van der Waals surface area (Å²) in [5, 5.41) is 0. The molecule has 0 unspecified atom stereocenters. The van der Waals surface area contributed by atoms with Crippen LogP contribution in [0.25, 0.3) is 33.7 Å². The van der Waals surface area contributed by atoms with E-state index in [0.29, 0.717) is 0 Å². The minimum absolute atomic E-state index is 0.903. The predicted molar refractivity (Wildman–Crippen MR) is 132 cm³/mol. The Morgan fingerprint density at radius 2 is 0.929 bits per heavy atom. The number of halogens is 6. The van der Waals surface area contributed by atoms with Crippen LogP contribution < -0.4 is 9.13 Å². The van der Waals surface area contributed by atoms with Crippen LogP contribution in [0.4, 0.5) is 26.3 Å². The summed E-state index contributed by atoms with van der Waals surface area (Å²) in [6, 6.07) is 22.9. The molecule has 0 aliphatic carbocycles. The molecule has 2 aromatic carbocycles. The van der Waals surface area contributed by atoms with Crippen LogP contribution in [0.1, 0.15) is 0 Å². The molecule has 0 amide bonds. The number of pyridine rings is 1. The van der Waals surface area contributed by atoms with Crippen LogP contribution in [-0.2, 0) is 34.3 Å². The van der Waals surface area contributed by atoms with Crippen molar-refractivity contribution in [3.63, 3.8) is 0 Å². The Morgan fingerprint density at radius 1 is 0.619 bits per heavy atom.